The Bertz CT molecular complexity index is 982. The molecule has 140 valence electrons. The first-order chi connectivity index (χ1) is 13.0. The summed E-state index contributed by atoms with van der Waals surface area (Å²) in [4.78, 5) is 34.2. The van der Waals surface area contributed by atoms with Crippen molar-refractivity contribution in [1.29, 1.82) is 0 Å². The second-order valence-electron chi connectivity index (χ2n) is 6.26. The molecule has 0 fully saturated rings. The van der Waals surface area contributed by atoms with E-state index in [0.29, 0.717) is 37.4 Å². The lowest BCUT2D eigenvalue weighted by Crippen LogP contribution is -2.28. The standard InChI is InChI=1S/C20H22N4O3/c1-13-16(14(2)24-20(26)23-13)8-9-18(25)21-11-12-27-17-7-3-5-15-6-4-10-22-19(15)17/h3-7,10H,8-9,11-12H2,1-2H3,(H,21,25)(H,23,24,26). The van der Waals surface area contributed by atoms with E-state index in [9.17, 15) is 9.59 Å². The SMILES string of the molecule is Cc1nc(=O)[nH]c(C)c1CCC(=O)NCCOc1cccc2cccnc12. The average molecular weight is 366 g/mol. The number of nitrogens with one attached hydrogen (secondary N) is 2. The van der Waals surface area contributed by atoms with E-state index in [2.05, 4.69) is 20.3 Å². The van der Waals surface area contributed by atoms with Gasteiger partial charge in [-0.2, -0.15) is 4.98 Å². The lowest BCUT2D eigenvalue weighted by molar-refractivity contribution is -0.121. The van der Waals surface area contributed by atoms with Crippen LogP contribution >= 0.6 is 0 Å². The maximum absolute atomic E-state index is 12.1. The molecular formula is C20H22N4O3. The van der Waals surface area contributed by atoms with Crippen LogP contribution in [0.3, 0.4) is 0 Å². The number of hydrogen-bond acceptors (Lipinski definition) is 5. The largest absolute Gasteiger partial charge is 0.489 e. The van der Waals surface area contributed by atoms with Gasteiger partial charge in [0.2, 0.25) is 5.91 Å². The molecule has 1 amide bonds. The Morgan fingerprint density at radius 1 is 1.22 bits per heavy atom. The van der Waals surface area contributed by atoms with Crippen molar-refractivity contribution in [3.63, 3.8) is 0 Å². The summed E-state index contributed by atoms with van der Waals surface area (Å²) in [5.41, 5.74) is 2.77. The van der Waals surface area contributed by atoms with Gasteiger partial charge in [0, 0.05) is 29.4 Å². The number of H-pyrrole nitrogens is 1. The van der Waals surface area contributed by atoms with Gasteiger partial charge in [0.1, 0.15) is 17.9 Å². The van der Waals surface area contributed by atoms with Crippen molar-refractivity contribution in [3.05, 3.63) is 64.0 Å². The van der Waals surface area contributed by atoms with Gasteiger partial charge in [0.25, 0.3) is 0 Å². The number of fused-ring (bicyclic) bond motifs is 1. The van der Waals surface area contributed by atoms with Gasteiger partial charge in [-0.3, -0.25) is 9.78 Å². The number of aromatic amines is 1. The molecule has 3 aromatic rings. The van der Waals surface area contributed by atoms with Gasteiger partial charge in [-0.25, -0.2) is 4.79 Å². The second kappa shape index (κ2) is 8.44. The molecule has 0 radical (unpaired) electrons. The highest BCUT2D eigenvalue weighted by atomic mass is 16.5. The first-order valence-corrected chi connectivity index (χ1v) is 8.84. The summed E-state index contributed by atoms with van der Waals surface area (Å²) in [5.74, 6) is 0.632. The number of benzene rings is 1. The van der Waals surface area contributed by atoms with E-state index in [1.807, 2.05) is 37.3 Å². The number of carbonyl (C=O) groups is 1. The number of rotatable bonds is 7. The molecule has 7 nitrogen and oxygen atoms in total. The summed E-state index contributed by atoms with van der Waals surface area (Å²) in [6.07, 6.45) is 2.58. The molecule has 0 saturated heterocycles. The van der Waals surface area contributed by atoms with Crippen LogP contribution in [-0.2, 0) is 11.2 Å². The first kappa shape index (κ1) is 18.6. The Hall–Kier alpha value is -3.22. The third kappa shape index (κ3) is 4.69. The molecule has 2 N–H and O–H groups in total. The Labute approximate surface area is 156 Å². The number of aryl methyl sites for hydroxylation is 2. The van der Waals surface area contributed by atoms with Gasteiger partial charge >= 0.3 is 5.69 Å². The quantitative estimate of drug-likeness (QED) is 0.624. The van der Waals surface area contributed by atoms with E-state index in [4.69, 9.17) is 4.74 Å². The normalized spacial score (nSPS) is 10.7. The monoisotopic (exact) mass is 366 g/mol. The van der Waals surface area contributed by atoms with Crippen molar-refractivity contribution >= 4 is 16.8 Å². The number of carbonyl (C=O) groups excluding carboxylic acids is 1. The molecular weight excluding hydrogens is 344 g/mol. The minimum atomic E-state index is -0.363. The van der Waals surface area contributed by atoms with Crippen LogP contribution in [0, 0.1) is 13.8 Å². The lowest BCUT2D eigenvalue weighted by atomic mass is 10.1. The Morgan fingerprint density at radius 2 is 2.04 bits per heavy atom. The van der Waals surface area contributed by atoms with E-state index in [0.717, 1.165) is 22.2 Å². The fourth-order valence-electron chi connectivity index (χ4n) is 2.99. The van der Waals surface area contributed by atoms with Gasteiger partial charge in [-0.05, 0) is 38.0 Å². The highest BCUT2D eigenvalue weighted by Gasteiger charge is 2.09. The second-order valence-corrected chi connectivity index (χ2v) is 6.26. The van der Waals surface area contributed by atoms with Gasteiger partial charge in [-0.15, -0.1) is 0 Å². The molecule has 2 heterocycles. The highest BCUT2D eigenvalue weighted by molar-refractivity contribution is 5.84. The molecule has 3 rings (SSSR count). The first-order valence-electron chi connectivity index (χ1n) is 8.84. The van der Waals surface area contributed by atoms with E-state index >= 15 is 0 Å². The summed E-state index contributed by atoms with van der Waals surface area (Å²) < 4.78 is 5.76. The van der Waals surface area contributed by atoms with Crippen LogP contribution in [0.15, 0.2) is 41.3 Å². The molecule has 0 spiro atoms. The molecule has 2 aromatic heterocycles. The molecule has 0 aliphatic carbocycles. The highest BCUT2D eigenvalue weighted by Crippen LogP contribution is 2.22. The predicted molar refractivity (Wildman–Crippen MR) is 103 cm³/mol. The van der Waals surface area contributed by atoms with Crippen molar-refractivity contribution in [3.8, 4) is 5.75 Å². The number of pyridine rings is 1. The van der Waals surface area contributed by atoms with E-state index in [-0.39, 0.29) is 11.6 Å². The molecule has 0 saturated carbocycles. The van der Waals surface area contributed by atoms with Gasteiger partial charge in [-0.1, -0.05) is 18.2 Å². The number of hydrogen-bond donors (Lipinski definition) is 2. The number of para-hydroxylation sites is 1. The third-order valence-electron chi connectivity index (χ3n) is 4.33. The molecule has 0 unspecified atom stereocenters. The summed E-state index contributed by atoms with van der Waals surface area (Å²) >= 11 is 0. The minimum Gasteiger partial charge on any atom is -0.489 e. The van der Waals surface area contributed by atoms with Crippen LogP contribution in [0.1, 0.15) is 23.4 Å². The zero-order valence-electron chi connectivity index (χ0n) is 15.4. The molecule has 7 heteroatoms. The number of ether oxygens (including phenoxy) is 1. The fraction of sp³-hybridized carbons (Fsp3) is 0.300. The smallest absolute Gasteiger partial charge is 0.345 e. The Kier molecular flexibility index (Phi) is 5.80. The van der Waals surface area contributed by atoms with E-state index in [1.54, 1.807) is 13.1 Å². The summed E-state index contributed by atoms with van der Waals surface area (Å²) in [5, 5.41) is 3.86. The Morgan fingerprint density at radius 3 is 2.85 bits per heavy atom. The maximum atomic E-state index is 12.1. The van der Waals surface area contributed by atoms with Crippen molar-refractivity contribution < 1.29 is 9.53 Å². The molecule has 0 bridgehead atoms. The average Bonchev–Trinajstić information content (AvgIpc) is 2.64. The predicted octanol–water partition coefficient (Wildman–Crippen LogP) is 2.06. The van der Waals surface area contributed by atoms with Gasteiger partial charge in [0.15, 0.2) is 0 Å². The molecule has 1 aromatic carbocycles. The van der Waals surface area contributed by atoms with E-state index < -0.39 is 0 Å². The number of amides is 1. The molecule has 27 heavy (non-hydrogen) atoms. The third-order valence-corrected chi connectivity index (χ3v) is 4.33. The molecule has 0 aliphatic rings. The van der Waals surface area contributed by atoms with Crippen molar-refractivity contribution in [2.24, 2.45) is 0 Å². The van der Waals surface area contributed by atoms with Crippen LogP contribution in [0.2, 0.25) is 0 Å². The van der Waals surface area contributed by atoms with Crippen LogP contribution in [-0.4, -0.2) is 34.0 Å². The lowest BCUT2D eigenvalue weighted by Gasteiger charge is -2.10. The topological polar surface area (TPSA) is 97.0 Å². The van der Waals surface area contributed by atoms with Crippen LogP contribution in [0.25, 0.3) is 10.9 Å². The van der Waals surface area contributed by atoms with Crippen molar-refractivity contribution in [2.75, 3.05) is 13.2 Å². The summed E-state index contributed by atoms with van der Waals surface area (Å²) in [7, 11) is 0. The summed E-state index contributed by atoms with van der Waals surface area (Å²) in [6.45, 7) is 4.36. The Balaban J connectivity index is 1.47. The zero-order valence-corrected chi connectivity index (χ0v) is 15.4. The van der Waals surface area contributed by atoms with Gasteiger partial charge < -0.3 is 15.0 Å². The van der Waals surface area contributed by atoms with Crippen LogP contribution < -0.4 is 15.7 Å². The number of aromatic nitrogens is 3. The van der Waals surface area contributed by atoms with Crippen LogP contribution in [0.4, 0.5) is 0 Å². The number of nitrogens with zero attached hydrogens (tertiary/aromatic N) is 2. The minimum absolute atomic E-state index is 0.0698. The van der Waals surface area contributed by atoms with E-state index in [1.165, 1.54) is 0 Å². The van der Waals surface area contributed by atoms with Crippen molar-refractivity contribution in [1.82, 2.24) is 20.3 Å². The van der Waals surface area contributed by atoms with Crippen LogP contribution in [0.5, 0.6) is 5.75 Å². The molecule has 0 atom stereocenters. The van der Waals surface area contributed by atoms with Crippen molar-refractivity contribution in [2.45, 2.75) is 26.7 Å². The molecule has 0 aliphatic heterocycles. The zero-order chi connectivity index (χ0) is 19.2. The van der Waals surface area contributed by atoms with Gasteiger partial charge in [0.05, 0.1) is 6.54 Å². The summed E-state index contributed by atoms with van der Waals surface area (Å²) in [6, 6.07) is 9.62. The maximum Gasteiger partial charge on any atom is 0.345 e. The fourth-order valence-corrected chi connectivity index (χ4v) is 2.99.